The van der Waals surface area contributed by atoms with E-state index in [-0.39, 0.29) is 5.75 Å². The van der Waals surface area contributed by atoms with E-state index in [9.17, 15) is 13.6 Å². The average Bonchev–Trinajstić information content (AvgIpc) is 2.85. The monoisotopic (exact) mass is 472 g/mol. The number of rotatable bonds is 17. The molecule has 0 spiro atoms. The van der Waals surface area contributed by atoms with Crippen molar-refractivity contribution in [2.45, 2.75) is 110 Å². The second kappa shape index (κ2) is 16.4. The Balaban J connectivity index is 1.73. The summed E-state index contributed by atoms with van der Waals surface area (Å²) in [6, 6.07) is 10.1. The Morgan fingerprint density at radius 3 is 1.79 bits per heavy atom. The first-order valence-corrected chi connectivity index (χ1v) is 13.3. The van der Waals surface area contributed by atoms with Crippen LogP contribution < -0.4 is 4.74 Å². The number of aryl methyl sites for hydroxylation is 2. The Kier molecular flexibility index (Phi) is 13.5. The number of carbonyl (C=O) groups is 1. The summed E-state index contributed by atoms with van der Waals surface area (Å²) in [7, 11) is 0. The molecular formula is C30H42F2O2. The van der Waals surface area contributed by atoms with Crippen LogP contribution in [0.2, 0.25) is 0 Å². The largest absolute Gasteiger partial charge is 0.420 e. The van der Waals surface area contributed by atoms with E-state index in [1.807, 2.05) is 12.1 Å². The van der Waals surface area contributed by atoms with Crippen molar-refractivity contribution >= 4 is 5.97 Å². The summed E-state index contributed by atoms with van der Waals surface area (Å²) in [6.45, 7) is 4.31. The van der Waals surface area contributed by atoms with Crippen LogP contribution in [0.5, 0.6) is 5.75 Å². The Morgan fingerprint density at radius 2 is 1.18 bits per heavy atom. The number of halogens is 2. The second-order valence-corrected chi connectivity index (χ2v) is 9.33. The van der Waals surface area contributed by atoms with Crippen LogP contribution in [0.1, 0.15) is 119 Å². The Morgan fingerprint density at radius 1 is 0.647 bits per heavy atom. The summed E-state index contributed by atoms with van der Waals surface area (Å²) >= 11 is 0. The van der Waals surface area contributed by atoms with Gasteiger partial charge in [0.25, 0.3) is 0 Å². The summed E-state index contributed by atoms with van der Waals surface area (Å²) in [4.78, 5) is 12.4. The van der Waals surface area contributed by atoms with Crippen LogP contribution in [-0.4, -0.2) is 5.97 Å². The van der Waals surface area contributed by atoms with Crippen molar-refractivity contribution < 1.29 is 18.3 Å². The molecule has 0 aliphatic rings. The molecule has 0 radical (unpaired) electrons. The number of unbranched alkanes of at least 4 members (excludes halogenated alkanes) is 11. The molecule has 0 aliphatic carbocycles. The number of esters is 1. The molecule has 0 bridgehead atoms. The average molecular weight is 473 g/mol. The molecule has 0 fully saturated rings. The zero-order valence-electron chi connectivity index (χ0n) is 21.1. The third kappa shape index (κ3) is 9.95. The van der Waals surface area contributed by atoms with E-state index in [0.29, 0.717) is 17.5 Å². The Bertz CT molecular complexity index is 846. The van der Waals surface area contributed by atoms with E-state index in [0.717, 1.165) is 32.1 Å². The van der Waals surface area contributed by atoms with Crippen LogP contribution in [0.25, 0.3) is 0 Å². The van der Waals surface area contributed by atoms with Gasteiger partial charge in [0.15, 0.2) is 11.6 Å². The van der Waals surface area contributed by atoms with Gasteiger partial charge in [-0.2, -0.15) is 4.39 Å². The lowest BCUT2D eigenvalue weighted by atomic mass is 10.0. The fourth-order valence-corrected chi connectivity index (χ4v) is 4.19. The van der Waals surface area contributed by atoms with Gasteiger partial charge in [0, 0.05) is 0 Å². The molecule has 0 saturated heterocycles. The molecule has 2 rings (SSSR count). The maximum atomic E-state index is 14.4. The Labute approximate surface area is 205 Å². The quantitative estimate of drug-likeness (QED) is 0.130. The lowest BCUT2D eigenvalue weighted by Gasteiger charge is -2.09. The maximum absolute atomic E-state index is 14.4. The van der Waals surface area contributed by atoms with Crippen LogP contribution in [0.3, 0.4) is 0 Å². The number of carbonyl (C=O) groups excluding carboxylic acids is 1. The minimum atomic E-state index is -1.10. The van der Waals surface area contributed by atoms with Gasteiger partial charge < -0.3 is 4.74 Å². The molecule has 0 atom stereocenters. The predicted octanol–water partition coefficient (Wildman–Crippen LogP) is 9.38. The first-order valence-electron chi connectivity index (χ1n) is 13.3. The molecule has 0 aliphatic heterocycles. The van der Waals surface area contributed by atoms with Crippen LogP contribution in [-0.2, 0) is 12.8 Å². The van der Waals surface area contributed by atoms with E-state index in [1.54, 1.807) is 12.1 Å². The molecule has 34 heavy (non-hydrogen) atoms. The number of hydrogen-bond acceptors (Lipinski definition) is 2. The zero-order chi connectivity index (χ0) is 24.6. The van der Waals surface area contributed by atoms with E-state index < -0.39 is 17.6 Å². The van der Waals surface area contributed by atoms with Crippen LogP contribution >= 0.6 is 0 Å². The van der Waals surface area contributed by atoms with Crippen molar-refractivity contribution in [3.8, 4) is 5.75 Å². The highest BCUT2D eigenvalue weighted by Gasteiger charge is 2.18. The molecule has 0 N–H and O–H groups in total. The number of hydrogen-bond donors (Lipinski definition) is 0. The van der Waals surface area contributed by atoms with Gasteiger partial charge in [-0.3, -0.25) is 0 Å². The van der Waals surface area contributed by atoms with Crippen LogP contribution in [0.4, 0.5) is 8.78 Å². The van der Waals surface area contributed by atoms with Crippen molar-refractivity contribution in [2.24, 2.45) is 0 Å². The van der Waals surface area contributed by atoms with E-state index in [4.69, 9.17) is 4.74 Å². The minimum Gasteiger partial charge on any atom is -0.420 e. The summed E-state index contributed by atoms with van der Waals surface area (Å²) < 4.78 is 33.8. The van der Waals surface area contributed by atoms with E-state index in [2.05, 4.69) is 13.8 Å². The SMILES string of the molecule is CCCCCCCCCCCCc1ccc(C(=O)Oc2ccc(CCCCC)c(F)c2F)cc1. The van der Waals surface area contributed by atoms with Crippen molar-refractivity contribution in [1.29, 1.82) is 0 Å². The zero-order valence-corrected chi connectivity index (χ0v) is 21.1. The smallest absolute Gasteiger partial charge is 0.343 e. The van der Waals surface area contributed by atoms with Crippen LogP contribution in [0, 0.1) is 11.6 Å². The van der Waals surface area contributed by atoms with Crippen molar-refractivity contribution in [3.63, 3.8) is 0 Å². The molecule has 4 heteroatoms. The number of benzene rings is 2. The fourth-order valence-electron chi connectivity index (χ4n) is 4.19. The molecular weight excluding hydrogens is 430 g/mol. The van der Waals surface area contributed by atoms with Gasteiger partial charge in [0.1, 0.15) is 0 Å². The van der Waals surface area contributed by atoms with Gasteiger partial charge >= 0.3 is 5.97 Å². The van der Waals surface area contributed by atoms with Crippen molar-refractivity contribution in [2.75, 3.05) is 0 Å². The van der Waals surface area contributed by atoms with Gasteiger partial charge in [0.2, 0.25) is 5.82 Å². The summed E-state index contributed by atoms with van der Waals surface area (Å²) in [5.74, 6) is -3.06. The van der Waals surface area contributed by atoms with Gasteiger partial charge in [-0.15, -0.1) is 0 Å². The molecule has 188 valence electrons. The van der Waals surface area contributed by atoms with Crippen molar-refractivity contribution in [3.05, 3.63) is 64.7 Å². The molecule has 2 aromatic rings. The standard InChI is InChI=1S/C30H42F2O2/c1-3-5-7-8-9-10-11-12-13-15-16-24-18-20-26(21-19-24)30(33)34-27-23-22-25(17-14-6-4-2)28(31)29(27)32/h18-23H,3-17H2,1-2H3. The van der Waals surface area contributed by atoms with Crippen LogP contribution in [0.15, 0.2) is 36.4 Å². The van der Waals surface area contributed by atoms with E-state index in [1.165, 1.54) is 75.5 Å². The lowest BCUT2D eigenvalue weighted by Crippen LogP contribution is -2.10. The molecule has 2 aromatic carbocycles. The minimum absolute atomic E-state index is 0.321. The Hall–Kier alpha value is -2.23. The topological polar surface area (TPSA) is 26.3 Å². The highest BCUT2D eigenvalue weighted by Crippen LogP contribution is 2.25. The number of ether oxygens (including phenoxy) is 1. The first-order chi connectivity index (χ1) is 16.6. The maximum Gasteiger partial charge on any atom is 0.343 e. The van der Waals surface area contributed by atoms with Gasteiger partial charge in [-0.05, 0) is 55.0 Å². The van der Waals surface area contributed by atoms with Gasteiger partial charge in [-0.1, -0.05) is 103 Å². The predicted molar refractivity (Wildman–Crippen MR) is 137 cm³/mol. The van der Waals surface area contributed by atoms with Gasteiger partial charge in [0.05, 0.1) is 5.56 Å². The molecule has 0 unspecified atom stereocenters. The summed E-state index contributed by atoms with van der Waals surface area (Å²) in [6.07, 6.45) is 17.3. The van der Waals surface area contributed by atoms with Crippen molar-refractivity contribution in [1.82, 2.24) is 0 Å². The van der Waals surface area contributed by atoms with Gasteiger partial charge in [-0.25, -0.2) is 9.18 Å². The lowest BCUT2D eigenvalue weighted by molar-refractivity contribution is 0.0726. The van der Waals surface area contributed by atoms with E-state index >= 15 is 0 Å². The summed E-state index contributed by atoms with van der Waals surface area (Å²) in [5, 5.41) is 0. The molecule has 0 amide bonds. The third-order valence-corrected chi connectivity index (χ3v) is 6.39. The third-order valence-electron chi connectivity index (χ3n) is 6.39. The highest BCUT2D eigenvalue weighted by atomic mass is 19.2. The molecule has 0 heterocycles. The summed E-state index contributed by atoms with van der Waals surface area (Å²) in [5.41, 5.74) is 1.82. The second-order valence-electron chi connectivity index (χ2n) is 9.33. The highest BCUT2D eigenvalue weighted by molar-refractivity contribution is 5.91. The first kappa shape index (κ1) is 28.0. The molecule has 0 saturated carbocycles. The molecule has 0 aromatic heterocycles. The molecule has 2 nitrogen and oxygen atoms in total. The normalized spacial score (nSPS) is 11.1. The fraction of sp³-hybridized carbons (Fsp3) is 0.567.